The van der Waals surface area contributed by atoms with Crippen molar-refractivity contribution in [3.8, 4) is 0 Å². The number of benzene rings is 1. The number of para-hydroxylation sites is 1. The molecule has 3 nitrogen and oxygen atoms in total. The Morgan fingerprint density at radius 1 is 0.900 bits per heavy atom. The summed E-state index contributed by atoms with van der Waals surface area (Å²) in [5.74, 6) is 0. The van der Waals surface area contributed by atoms with Crippen molar-refractivity contribution in [1.82, 2.24) is 0 Å². The zero-order valence-corrected chi connectivity index (χ0v) is 6.27. The molecule has 0 bridgehead atoms. The van der Waals surface area contributed by atoms with Crippen LogP contribution in [0.5, 0.6) is 0 Å². The second-order valence-corrected chi connectivity index (χ2v) is 1.85. The van der Waals surface area contributed by atoms with Gasteiger partial charge in [0, 0.05) is 16.5 Å². The molecule has 4 heteroatoms. The van der Waals surface area contributed by atoms with Crippen LogP contribution in [0.25, 0.3) is 0 Å². The first-order chi connectivity index (χ1) is 4.22. The van der Waals surface area contributed by atoms with Crippen LogP contribution in [0.15, 0.2) is 18.2 Å². The van der Waals surface area contributed by atoms with Crippen molar-refractivity contribution < 1.29 is 16.5 Å². The first-order valence-corrected chi connectivity index (χ1v) is 2.61. The van der Waals surface area contributed by atoms with E-state index in [0.29, 0.717) is 17.1 Å². The summed E-state index contributed by atoms with van der Waals surface area (Å²) in [6.07, 6.45) is 0. The quantitative estimate of drug-likeness (QED) is 0.402. The summed E-state index contributed by atoms with van der Waals surface area (Å²) < 4.78 is 0. The molecule has 1 rings (SSSR count). The molecule has 58 valence electrons. The number of nitrogen functional groups attached to an aromatic ring is 3. The predicted octanol–water partition coefficient (Wildman–Crippen LogP) is 0.431. The van der Waals surface area contributed by atoms with Gasteiger partial charge in [0.2, 0.25) is 0 Å². The molecular weight excluding hydrogens is 173 g/mol. The molecule has 0 amide bonds. The fourth-order valence-corrected chi connectivity index (χ4v) is 0.602. The average molecular weight is 182 g/mol. The molecule has 0 saturated heterocycles. The van der Waals surface area contributed by atoms with E-state index in [0.717, 1.165) is 0 Å². The zero-order valence-electron chi connectivity index (χ0n) is 5.28. The van der Waals surface area contributed by atoms with Crippen molar-refractivity contribution >= 4 is 17.1 Å². The minimum atomic E-state index is 0. The fourth-order valence-electron chi connectivity index (χ4n) is 0.602. The molecule has 0 fully saturated rings. The van der Waals surface area contributed by atoms with E-state index >= 15 is 0 Å². The maximum absolute atomic E-state index is 5.43. The van der Waals surface area contributed by atoms with Crippen LogP contribution in [0.2, 0.25) is 0 Å². The minimum Gasteiger partial charge on any atom is -0.397 e. The van der Waals surface area contributed by atoms with Crippen LogP contribution < -0.4 is 17.2 Å². The van der Waals surface area contributed by atoms with Gasteiger partial charge in [-0.3, -0.25) is 0 Å². The summed E-state index contributed by atoms with van der Waals surface area (Å²) in [4.78, 5) is 0. The fraction of sp³-hybridized carbons (Fsp3) is 0. The minimum absolute atomic E-state index is 0. The van der Waals surface area contributed by atoms with Gasteiger partial charge in [0.1, 0.15) is 0 Å². The van der Waals surface area contributed by atoms with Crippen LogP contribution in [0.3, 0.4) is 0 Å². The number of nitrogens with two attached hydrogens (primary N) is 3. The molecule has 6 N–H and O–H groups in total. The SMILES string of the molecule is Nc1cccc(N)c1N.[Ni]. The second kappa shape index (κ2) is 3.32. The monoisotopic (exact) mass is 181 g/mol. The molecular formula is C6H9N3Ni. The summed E-state index contributed by atoms with van der Waals surface area (Å²) in [6, 6.07) is 5.19. The average Bonchev–Trinajstić information content (AvgIpc) is 1.83. The largest absolute Gasteiger partial charge is 0.397 e. The van der Waals surface area contributed by atoms with Crippen LogP contribution in [-0.4, -0.2) is 0 Å². The third kappa shape index (κ3) is 1.55. The summed E-state index contributed by atoms with van der Waals surface area (Å²) >= 11 is 0. The maximum Gasteiger partial charge on any atom is 0.0781 e. The summed E-state index contributed by atoms with van der Waals surface area (Å²) in [7, 11) is 0. The van der Waals surface area contributed by atoms with Gasteiger partial charge in [-0.1, -0.05) is 6.07 Å². The Morgan fingerprint density at radius 2 is 1.30 bits per heavy atom. The van der Waals surface area contributed by atoms with Gasteiger partial charge in [-0.15, -0.1) is 0 Å². The molecule has 0 radical (unpaired) electrons. The Kier molecular flexibility index (Phi) is 3.03. The van der Waals surface area contributed by atoms with E-state index in [-0.39, 0.29) is 16.5 Å². The molecule has 0 atom stereocenters. The van der Waals surface area contributed by atoms with E-state index in [2.05, 4.69) is 0 Å². The topological polar surface area (TPSA) is 78.1 Å². The molecule has 0 aliphatic heterocycles. The first kappa shape index (κ1) is 9.11. The molecule has 0 unspecified atom stereocenters. The summed E-state index contributed by atoms with van der Waals surface area (Å²) in [6.45, 7) is 0. The maximum atomic E-state index is 5.43. The van der Waals surface area contributed by atoms with Gasteiger partial charge in [-0.25, -0.2) is 0 Å². The zero-order chi connectivity index (χ0) is 6.85. The van der Waals surface area contributed by atoms with E-state index in [4.69, 9.17) is 17.2 Å². The number of hydrogen-bond acceptors (Lipinski definition) is 3. The molecule has 0 heterocycles. The first-order valence-electron chi connectivity index (χ1n) is 2.61. The third-order valence-corrected chi connectivity index (χ3v) is 1.17. The Morgan fingerprint density at radius 3 is 1.60 bits per heavy atom. The van der Waals surface area contributed by atoms with Gasteiger partial charge in [-0.2, -0.15) is 0 Å². The molecule has 0 spiro atoms. The van der Waals surface area contributed by atoms with Gasteiger partial charge in [0.15, 0.2) is 0 Å². The van der Waals surface area contributed by atoms with E-state index in [9.17, 15) is 0 Å². The summed E-state index contributed by atoms with van der Waals surface area (Å²) in [5, 5.41) is 0. The number of hydrogen-bond donors (Lipinski definition) is 3. The number of anilines is 3. The molecule has 0 saturated carbocycles. The molecule has 1 aromatic rings. The summed E-state index contributed by atoms with van der Waals surface area (Å²) in [5.41, 5.74) is 17.8. The van der Waals surface area contributed by atoms with E-state index < -0.39 is 0 Å². The number of rotatable bonds is 0. The van der Waals surface area contributed by atoms with E-state index in [1.807, 2.05) is 0 Å². The molecule has 1 aromatic carbocycles. The van der Waals surface area contributed by atoms with Crippen molar-refractivity contribution in [2.45, 2.75) is 0 Å². The van der Waals surface area contributed by atoms with Crippen molar-refractivity contribution in [3.63, 3.8) is 0 Å². The molecule has 0 aromatic heterocycles. The Bertz CT molecular complexity index is 204. The van der Waals surface area contributed by atoms with Crippen LogP contribution in [0, 0.1) is 0 Å². The van der Waals surface area contributed by atoms with E-state index in [1.54, 1.807) is 18.2 Å². The van der Waals surface area contributed by atoms with E-state index in [1.165, 1.54) is 0 Å². The second-order valence-electron chi connectivity index (χ2n) is 1.85. The van der Waals surface area contributed by atoms with Gasteiger partial charge in [-0.05, 0) is 12.1 Å². The Balaban J connectivity index is 0.000000810. The van der Waals surface area contributed by atoms with Crippen molar-refractivity contribution in [2.24, 2.45) is 0 Å². The normalized spacial score (nSPS) is 8.40. The van der Waals surface area contributed by atoms with Crippen molar-refractivity contribution in [3.05, 3.63) is 18.2 Å². The van der Waals surface area contributed by atoms with Crippen molar-refractivity contribution in [2.75, 3.05) is 17.2 Å². The van der Waals surface area contributed by atoms with Gasteiger partial charge in [0.25, 0.3) is 0 Å². The van der Waals surface area contributed by atoms with Gasteiger partial charge >= 0.3 is 0 Å². The molecule has 10 heavy (non-hydrogen) atoms. The van der Waals surface area contributed by atoms with Crippen LogP contribution in [-0.2, 0) is 16.5 Å². The van der Waals surface area contributed by atoms with Crippen LogP contribution in [0.1, 0.15) is 0 Å². The van der Waals surface area contributed by atoms with Gasteiger partial charge in [0.05, 0.1) is 17.1 Å². The standard InChI is InChI=1S/C6H9N3.Ni/c7-4-2-1-3-5(8)6(4)9;/h1-3H,7-9H2;. The Hall–Kier alpha value is -0.886. The van der Waals surface area contributed by atoms with Crippen LogP contribution in [0.4, 0.5) is 17.1 Å². The molecule has 0 aliphatic carbocycles. The smallest absolute Gasteiger partial charge is 0.0781 e. The molecule has 0 aliphatic rings. The third-order valence-electron chi connectivity index (χ3n) is 1.17. The Labute approximate surface area is 69.5 Å². The van der Waals surface area contributed by atoms with Crippen LogP contribution >= 0.6 is 0 Å². The van der Waals surface area contributed by atoms with Gasteiger partial charge < -0.3 is 17.2 Å². The predicted molar refractivity (Wildman–Crippen MR) is 39.7 cm³/mol. The van der Waals surface area contributed by atoms with Crippen molar-refractivity contribution in [1.29, 1.82) is 0 Å².